The van der Waals surface area contributed by atoms with Gasteiger partial charge in [0.2, 0.25) is 0 Å². The lowest BCUT2D eigenvalue weighted by Crippen LogP contribution is -2.33. The van der Waals surface area contributed by atoms with Gasteiger partial charge in [0.25, 0.3) is 0 Å². The zero-order valence-electron chi connectivity index (χ0n) is 12.5. The van der Waals surface area contributed by atoms with Crippen LogP contribution in [0, 0.1) is 0 Å². The first-order chi connectivity index (χ1) is 10.1. The number of carbonyl (C=O) groups is 2. The number of rotatable bonds is 8. The molecule has 116 valence electrons. The third-order valence-electron chi connectivity index (χ3n) is 3.13. The van der Waals surface area contributed by atoms with Crippen molar-refractivity contribution in [1.82, 2.24) is 5.06 Å². The fourth-order valence-corrected chi connectivity index (χ4v) is 1.94. The number of benzene rings is 1. The van der Waals surface area contributed by atoms with E-state index in [0.717, 1.165) is 24.3 Å². The molecule has 0 fully saturated rings. The van der Waals surface area contributed by atoms with Gasteiger partial charge < -0.3 is 9.94 Å². The minimum Gasteiger partial charge on any atom is -0.463 e. The largest absolute Gasteiger partial charge is 0.463 e. The number of hydrogen-bond acceptors (Lipinski definition) is 3. The summed E-state index contributed by atoms with van der Waals surface area (Å²) in [5.41, 5.74) is 0.340. The molecular weight excluding hydrogens is 270 g/mol. The second-order valence-corrected chi connectivity index (χ2v) is 4.90. The average molecular weight is 293 g/mol. The third-order valence-corrected chi connectivity index (χ3v) is 3.13. The molecule has 0 aliphatic rings. The molecular formula is C16H23NO4. The van der Waals surface area contributed by atoms with E-state index in [1.807, 2.05) is 0 Å². The van der Waals surface area contributed by atoms with E-state index in [9.17, 15) is 9.59 Å². The summed E-state index contributed by atoms with van der Waals surface area (Å²) in [7, 11) is 0. The van der Waals surface area contributed by atoms with Crippen LogP contribution in [-0.4, -0.2) is 28.8 Å². The molecule has 0 atom stereocenters. The Morgan fingerprint density at radius 2 is 1.67 bits per heavy atom. The SMILES string of the molecule is CCCCCCCCN(OC(=O)c1ccccc1)C(=O)O. The fourth-order valence-electron chi connectivity index (χ4n) is 1.94. The van der Waals surface area contributed by atoms with Crippen molar-refractivity contribution in [3.05, 3.63) is 35.9 Å². The van der Waals surface area contributed by atoms with Gasteiger partial charge in [0.05, 0.1) is 12.1 Å². The zero-order chi connectivity index (χ0) is 15.5. The van der Waals surface area contributed by atoms with Gasteiger partial charge in [-0.25, -0.2) is 9.59 Å². The van der Waals surface area contributed by atoms with E-state index in [0.29, 0.717) is 12.0 Å². The van der Waals surface area contributed by atoms with Crippen molar-refractivity contribution in [3.8, 4) is 0 Å². The highest BCUT2D eigenvalue weighted by Gasteiger charge is 2.18. The summed E-state index contributed by atoms with van der Waals surface area (Å²) in [6, 6.07) is 8.37. The number of carbonyl (C=O) groups excluding carboxylic acids is 1. The predicted octanol–water partition coefficient (Wildman–Crippen LogP) is 4.10. The van der Waals surface area contributed by atoms with Crippen LogP contribution in [0.5, 0.6) is 0 Å². The molecule has 0 aliphatic carbocycles. The topological polar surface area (TPSA) is 66.8 Å². The molecule has 1 N–H and O–H groups in total. The lowest BCUT2D eigenvalue weighted by Gasteiger charge is -2.17. The van der Waals surface area contributed by atoms with E-state index in [1.54, 1.807) is 30.3 Å². The maximum absolute atomic E-state index is 11.8. The Balaban J connectivity index is 2.36. The molecule has 0 heterocycles. The molecule has 0 radical (unpaired) electrons. The van der Waals surface area contributed by atoms with Crippen LogP contribution < -0.4 is 0 Å². The van der Waals surface area contributed by atoms with E-state index >= 15 is 0 Å². The summed E-state index contributed by atoms with van der Waals surface area (Å²) in [4.78, 5) is 27.8. The van der Waals surface area contributed by atoms with Crippen LogP contribution in [0.4, 0.5) is 4.79 Å². The highest BCUT2D eigenvalue weighted by atomic mass is 16.7. The molecule has 5 heteroatoms. The molecule has 0 saturated heterocycles. The Morgan fingerprint density at radius 3 is 2.29 bits per heavy atom. The van der Waals surface area contributed by atoms with Gasteiger partial charge in [0.1, 0.15) is 0 Å². The van der Waals surface area contributed by atoms with Gasteiger partial charge in [0, 0.05) is 0 Å². The minimum atomic E-state index is -1.24. The van der Waals surface area contributed by atoms with Crippen molar-refractivity contribution in [2.75, 3.05) is 6.54 Å². The van der Waals surface area contributed by atoms with Gasteiger partial charge in [-0.3, -0.25) is 0 Å². The fraction of sp³-hybridized carbons (Fsp3) is 0.500. The second kappa shape index (κ2) is 9.80. The predicted molar refractivity (Wildman–Crippen MR) is 80.0 cm³/mol. The molecule has 1 aromatic carbocycles. The number of hydrogen-bond donors (Lipinski definition) is 1. The van der Waals surface area contributed by atoms with Crippen LogP contribution in [0.3, 0.4) is 0 Å². The summed E-state index contributed by atoms with van der Waals surface area (Å²) < 4.78 is 0. The number of carboxylic acid groups (broad SMARTS) is 1. The Bertz CT molecular complexity index is 433. The number of nitrogens with zero attached hydrogens (tertiary/aromatic N) is 1. The molecule has 5 nitrogen and oxygen atoms in total. The van der Waals surface area contributed by atoms with E-state index in [1.165, 1.54) is 12.8 Å². The van der Waals surface area contributed by atoms with E-state index < -0.39 is 12.1 Å². The minimum absolute atomic E-state index is 0.208. The number of amides is 1. The molecule has 0 spiro atoms. The third kappa shape index (κ3) is 6.79. The molecule has 0 aromatic heterocycles. The molecule has 1 aromatic rings. The quantitative estimate of drug-likeness (QED) is 0.579. The van der Waals surface area contributed by atoms with Gasteiger partial charge in [-0.2, -0.15) is 0 Å². The van der Waals surface area contributed by atoms with Crippen molar-refractivity contribution < 1.29 is 19.5 Å². The van der Waals surface area contributed by atoms with Gasteiger partial charge in [-0.05, 0) is 18.6 Å². The zero-order valence-corrected chi connectivity index (χ0v) is 12.5. The van der Waals surface area contributed by atoms with Crippen molar-refractivity contribution in [1.29, 1.82) is 0 Å². The Kier molecular flexibility index (Phi) is 7.94. The highest BCUT2D eigenvalue weighted by molar-refractivity contribution is 5.89. The van der Waals surface area contributed by atoms with Crippen LogP contribution in [0.1, 0.15) is 55.8 Å². The Labute approximate surface area is 125 Å². The van der Waals surface area contributed by atoms with Gasteiger partial charge >= 0.3 is 12.1 Å². The maximum atomic E-state index is 11.8. The number of hydroxylamine groups is 2. The van der Waals surface area contributed by atoms with Crippen molar-refractivity contribution >= 4 is 12.1 Å². The molecule has 0 saturated carbocycles. The Morgan fingerprint density at radius 1 is 1.05 bits per heavy atom. The summed E-state index contributed by atoms with van der Waals surface area (Å²) in [6.07, 6.45) is 5.00. The van der Waals surface area contributed by atoms with Crippen molar-refractivity contribution in [2.45, 2.75) is 45.4 Å². The standard InChI is InChI=1S/C16H23NO4/c1-2-3-4-5-6-10-13-17(16(19)20)21-15(18)14-11-8-7-9-12-14/h7-9,11-12H,2-6,10,13H2,1H3,(H,19,20). The van der Waals surface area contributed by atoms with E-state index in [-0.39, 0.29) is 6.54 Å². The van der Waals surface area contributed by atoms with Gasteiger partial charge in [0.15, 0.2) is 0 Å². The molecule has 0 bridgehead atoms. The summed E-state index contributed by atoms with van der Waals surface area (Å²) in [5, 5.41) is 9.78. The molecule has 1 rings (SSSR count). The molecule has 0 unspecified atom stereocenters. The maximum Gasteiger partial charge on any atom is 0.440 e. The first kappa shape index (κ1) is 17.0. The number of unbranched alkanes of at least 4 members (excludes halogenated alkanes) is 5. The lowest BCUT2D eigenvalue weighted by molar-refractivity contribution is -0.0876. The van der Waals surface area contributed by atoms with Gasteiger partial charge in [-0.15, -0.1) is 5.06 Å². The summed E-state index contributed by atoms with van der Waals surface area (Å²) in [5.74, 6) is -0.649. The normalized spacial score (nSPS) is 10.1. The summed E-state index contributed by atoms with van der Waals surface area (Å²) >= 11 is 0. The molecule has 0 aliphatic heterocycles. The van der Waals surface area contributed by atoms with E-state index in [2.05, 4.69) is 6.92 Å². The summed E-state index contributed by atoms with van der Waals surface area (Å²) in [6.45, 7) is 2.36. The smallest absolute Gasteiger partial charge is 0.440 e. The second-order valence-electron chi connectivity index (χ2n) is 4.90. The van der Waals surface area contributed by atoms with Crippen LogP contribution in [0.15, 0.2) is 30.3 Å². The lowest BCUT2D eigenvalue weighted by atomic mass is 10.1. The van der Waals surface area contributed by atoms with Crippen molar-refractivity contribution in [3.63, 3.8) is 0 Å². The monoisotopic (exact) mass is 293 g/mol. The van der Waals surface area contributed by atoms with Gasteiger partial charge in [-0.1, -0.05) is 57.2 Å². The highest BCUT2D eigenvalue weighted by Crippen LogP contribution is 2.08. The van der Waals surface area contributed by atoms with Crippen LogP contribution in [0.2, 0.25) is 0 Å². The molecule has 21 heavy (non-hydrogen) atoms. The average Bonchev–Trinajstić information content (AvgIpc) is 2.50. The van der Waals surface area contributed by atoms with Crippen LogP contribution in [0.25, 0.3) is 0 Å². The van der Waals surface area contributed by atoms with Crippen LogP contribution >= 0.6 is 0 Å². The Hall–Kier alpha value is -2.04. The van der Waals surface area contributed by atoms with Crippen molar-refractivity contribution in [2.24, 2.45) is 0 Å². The first-order valence-electron chi connectivity index (χ1n) is 7.43. The molecule has 1 amide bonds. The van der Waals surface area contributed by atoms with E-state index in [4.69, 9.17) is 9.94 Å². The van der Waals surface area contributed by atoms with Crippen LogP contribution in [-0.2, 0) is 4.84 Å². The first-order valence-corrected chi connectivity index (χ1v) is 7.43.